The number of carbonyl (C=O) groups is 1. The molecule has 21 heavy (non-hydrogen) atoms. The van der Waals surface area contributed by atoms with Crippen LogP contribution in [0, 0.1) is 6.92 Å². The summed E-state index contributed by atoms with van der Waals surface area (Å²) in [6, 6.07) is 9.13. The van der Waals surface area contributed by atoms with Gasteiger partial charge in [-0.1, -0.05) is 15.9 Å². The van der Waals surface area contributed by atoms with Gasteiger partial charge in [-0.15, -0.1) is 0 Å². The van der Waals surface area contributed by atoms with Crippen molar-refractivity contribution in [2.75, 3.05) is 5.73 Å². The molecule has 1 heterocycles. The molecule has 0 spiro atoms. The lowest BCUT2D eigenvalue weighted by Gasteiger charge is -2.26. The maximum absolute atomic E-state index is 12.8. The first kappa shape index (κ1) is 15.6. The fourth-order valence-corrected chi connectivity index (χ4v) is 2.46. The molecule has 112 valence electrons. The molecule has 0 bridgehead atoms. The monoisotopic (exact) mass is 350 g/mol. The van der Waals surface area contributed by atoms with Crippen molar-refractivity contribution < 1.29 is 9.21 Å². The van der Waals surface area contributed by atoms with E-state index in [2.05, 4.69) is 15.9 Å². The van der Waals surface area contributed by atoms with Crippen molar-refractivity contribution in [3.63, 3.8) is 0 Å². The minimum absolute atomic E-state index is 0.0429. The van der Waals surface area contributed by atoms with Crippen LogP contribution in [-0.4, -0.2) is 16.8 Å². The van der Waals surface area contributed by atoms with E-state index in [-0.39, 0.29) is 11.9 Å². The zero-order chi connectivity index (χ0) is 15.6. The molecule has 0 radical (unpaired) electrons. The van der Waals surface area contributed by atoms with Gasteiger partial charge in [-0.3, -0.25) is 4.79 Å². The van der Waals surface area contributed by atoms with Gasteiger partial charge in [0, 0.05) is 16.2 Å². The molecule has 0 aliphatic carbocycles. The Balaban J connectivity index is 2.29. The van der Waals surface area contributed by atoms with Crippen LogP contribution in [0.4, 0.5) is 5.69 Å². The minimum Gasteiger partial charge on any atom is -0.464 e. The number of amides is 1. The zero-order valence-corrected chi connectivity index (χ0v) is 14.0. The van der Waals surface area contributed by atoms with Crippen molar-refractivity contribution in [3.8, 4) is 0 Å². The highest BCUT2D eigenvalue weighted by Gasteiger charge is 2.22. The SMILES string of the molecule is Cc1ccc(CN(C(=O)c2cc(Br)ccc2N)C(C)C)o1. The van der Waals surface area contributed by atoms with Crippen molar-refractivity contribution in [2.45, 2.75) is 33.4 Å². The normalized spacial score (nSPS) is 10.9. The van der Waals surface area contributed by atoms with E-state index in [0.29, 0.717) is 17.8 Å². The third kappa shape index (κ3) is 3.67. The Bertz CT molecular complexity index is 649. The first-order chi connectivity index (χ1) is 9.88. The number of aryl methyl sites for hydroxylation is 1. The summed E-state index contributed by atoms with van der Waals surface area (Å²) < 4.78 is 6.40. The van der Waals surface area contributed by atoms with Gasteiger partial charge < -0.3 is 15.1 Å². The van der Waals surface area contributed by atoms with Gasteiger partial charge in [0.15, 0.2) is 0 Å². The highest BCUT2D eigenvalue weighted by atomic mass is 79.9. The van der Waals surface area contributed by atoms with E-state index in [4.69, 9.17) is 10.2 Å². The first-order valence-electron chi connectivity index (χ1n) is 6.80. The van der Waals surface area contributed by atoms with Gasteiger partial charge in [-0.2, -0.15) is 0 Å². The van der Waals surface area contributed by atoms with Crippen LogP contribution in [0.2, 0.25) is 0 Å². The standard InChI is InChI=1S/C16H19BrN2O2/c1-10(2)19(9-13-6-4-11(3)21-13)16(20)14-8-12(17)5-7-15(14)18/h4-8,10H,9,18H2,1-3H3. The van der Waals surface area contributed by atoms with Gasteiger partial charge in [0.25, 0.3) is 5.91 Å². The molecular weight excluding hydrogens is 332 g/mol. The van der Waals surface area contributed by atoms with Crippen molar-refractivity contribution in [3.05, 3.63) is 51.9 Å². The molecule has 0 saturated heterocycles. The number of furan rings is 1. The largest absolute Gasteiger partial charge is 0.464 e. The number of halogens is 1. The Labute approximate surface area is 133 Å². The van der Waals surface area contributed by atoms with Gasteiger partial charge in [-0.25, -0.2) is 0 Å². The smallest absolute Gasteiger partial charge is 0.256 e. The Morgan fingerprint density at radius 1 is 1.33 bits per heavy atom. The topological polar surface area (TPSA) is 59.5 Å². The van der Waals surface area contributed by atoms with Crippen molar-refractivity contribution in [2.24, 2.45) is 0 Å². The second-order valence-corrected chi connectivity index (χ2v) is 6.19. The molecule has 2 N–H and O–H groups in total. The van der Waals surface area contributed by atoms with E-state index in [0.717, 1.165) is 16.0 Å². The maximum atomic E-state index is 12.8. The van der Waals surface area contributed by atoms with Crippen molar-refractivity contribution >= 4 is 27.5 Å². The van der Waals surface area contributed by atoms with Crippen LogP contribution in [-0.2, 0) is 6.54 Å². The number of nitrogen functional groups attached to an aromatic ring is 1. The average Bonchev–Trinajstić information content (AvgIpc) is 2.83. The Kier molecular flexibility index (Phi) is 4.73. The highest BCUT2D eigenvalue weighted by Crippen LogP contribution is 2.22. The number of carbonyl (C=O) groups excluding carboxylic acids is 1. The van der Waals surface area contributed by atoms with E-state index in [1.807, 2.05) is 39.0 Å². The summed E-state index contributed by atoms with van der Waals surface area (Å²) in [7, 11) is 0. The van der Waals surface area contributed by atoms with E-state index >= 15 is 0 Å². The summed E-state index contributed by atoms with van der Waals surface area (Å²) >= 11 is 3.38. The maximum Gasteiger partial charge on any atom is 0.256 e. The Morgan fingerprint density at radius 3 is 2.62 bits per heavy atom. The molecule has 0 unspecified atom stereocenters. The molecule has 2 rings (SSSR count). The molecule has 1 aromatic carbocycles. The number of rotatable bonds is 4. The van der Waals surface area contributed by atoms with Gasteiger partial charge in [0.1, 0.15) is 11.5 Å². The van der Waals surface area contributed by atoms with Gasteiger partial charge in [0.05, 0.1) is 12.1 Å². The predicted octanol–water partition coefficient (Wildman–Crippen LogP) is 3.98. The lowest BCUT2D eigenvalue weighted by Crippen LogP contribution is -2.36. The fourth-order valence-electron chi connectivity index (χ4n) is 2.10. The highest BCUT2D eigenvalue weighted by molar-refractivity contribution is 9.10. The number of benzene rings is 1. The lowest BCUT2D eigenvalue weighted by molar-refractivity contribution is 0.0676. The Morgan fingerprint density at radius 2 is 2.05 bits per heavy atom. The average molecular weight is 351 g/mol. The molecule has 1 aromatic heterocycles. The summed E-state index contributed by atoms with van der Waals surface area (Å²) in [4.78, 5) is 14.5. The molecule has 4 nitrogen and oxygen atoms in total. The first-order valence-corrected chi connectivity index (χ1v) is 7.59. The molecule has 0 fully saturated rings. The van der Waals surface area contributed by atoms with E-state index in [9.17, 15) is 4.79 Å². The molecule has 0 saturated carbocycles. The predicted molar refractivity (Wildman–Crippen MR) is 87.0 cm³/mol. The van der Waals surface area contributed by atoms with Crippen LogP contribution in [0.15, 0.2) is 39.2 Å². The summed E-state index contributed by atoms with van der Waals surface area (Å²) in [6.07, 6.45) is 0. The van der Waals surface area contributed by atoms with Gasteiger partial charge in [-0.05, 0) is 51.1 Å². The summed E-state index contributed by atoms with van der Waals surface area (Å²) in [5.41, 5.74) is 6.91. The molecule has 5 heteroatoms. The molecular formula is C16H19BrN2O2. The zero-order valence-electron chi connectivity index (χ0n) is 12.4. The van der Waals surface area contributed by atoms with Crippen LogP contribution in [0.5, 0.6) is 0 Å². The quantitative estimate of drug-likeness (QED) is 0.848. The second kappa shape index (κ2) is 6.35. The van der Waals surface area contributed by atoms with Crippen LogP contribution in [0.3, 0.4) is 0 Å². The molecule has 1 amide bonds. The number of nitrogens with two attached hydrogens (primary N) is 1. The number of anilines is 1. The molecule has 0 aliphatic heterocycles. The third-order valence-electron chi connectivity index (χ3n) is 3.25. The third-order valence-corrected chi connectivity index (χ3v) is 3.75. The summed E-state index contributed by atoms with van der Waals surface area (Å²) in [6.45, 7) is 6.26. The minimum atomic E-state index is -0.0992. The Hall–Kier alpha value is -1.75. The fraction of sp³-hybridized carbons (Fsp3) is 0.312. The summed E-state index contributed by atoms with van der Waals surface area (Å²) in [5.74, 6) is 1.50. The number of nitrogens with zero attached hydrogens (tertiary/aromatic N) is 1. The van der Waals surface area contributed by atoms with Crippen molar-refractivity contribution in [1.29, 1.82) is 0 Å². The van der Waals surface area contributed by atoms with E-state index in [1.165, 1.54) is 0 Å². The number of hydrogen-bond donors (Lipinski definition) is 1. The lowest BCUT2D eigenvalue weighted by atomic mass is 10.1. The van der Waals surface area contributed by atoms with Crippen LogP contribution in [0.25, 0.3) is 0 Å². The summed E-state index contributed by atoms with van der Waals surface area (Å²) in [5, 5.41) is 0. The van der Waals surface area contributed by atoms with Gasteiger partial charge >= 0.3 is 0 Å². The van der Waals surface area contributed by atoms with Crippen molar-refractivity contribution in [1.82, 2.24) is 4.90 Å². The molecule has 0 aliphatic rings. The number of hydrogen-bond acceptors (Lipinski definition) is 3. The van der Waals surface area contributed by atoms with Crippen LogP contribution < -0.4 is 5.73 Å². The second-order valence-electron chi connectivity index (χ2n) is 5.27. The van der Waals surface area contributed by atoms with E-state index in [1.54, 1.807) is 17.0 Å². The molecule has 0 atom stereocenters. The van der Waals surface area contributed by atoms with Crippen LogP contribution in [0.1, 0.15) is 35.7 Å². The van der Waals surface area contributed by atoms with Gasteiger partial charge in [0.2, 0.25) is 0 Å². The van der Waals surface area contributed by atoms with E-state index < -0.39 is 0 Å². The molecule has 2 aromatic rings. The van der Waals surface area contributed by atoms with Crippen LogP contribution >= 0.6 is 15.9 Å².